The summed E-state index contributed by atoms with van der Waals surface area (Å²) in [5.41, 5.74) is -1.20. The van der Waals surface area contributed by atoms with Crippen molar-refractivity contribution >= 4 is 75.1 Å². The number of alkyl halides is 3. The molecule has 0 spiro atoms. The predicted octanol–water partition coefficient (Wildman–Crippen LogP) is 8.26. The Balaban J connectivity index is 1.56. The van der Waals surface area contributed by atoms with Crippen LogP contribution in [0.1, 0.15) is 11.1 Å². The molecule has 190 valence electrons. The van der Waals surface area contributed by atoms with Gasteiger partial charge in [0.25, 0.3) is 5.91 Å². The molecular formula is C23H11Cl3F3N3O4S. The molecule has 4 rings (SSSR count). The summed E-state index contributed by atoms with van der Waals surface area (Å²) >= 11 is 19.4. The van der Waals surface area contributed by atoms with Crippen molar-refractivity contribution in [1.82, 2.24) is 5.32 Å². The van der Waals surface area contributed by atoms with Crippen molar-refractivity contribution in [1.29, 1.82) is 0 Å². The maximum absolute atomic E-state index is 12.9. The van der Waals surface area contributed by atoms with Crippen molar-refractivity contribution in [2.45, 2.75) is 6.18 Å². The molecule has 0 bridgehead atoms. The second-order valence-electron chi connectivity index (χ2n) is 7.28. The van der Waals surface area contributed by atoms with Crippen LogP contribution in [0.25, 0.3) is 6.08 Å². The van der Waals surface area contributed by atoms with Crippen LogP contribution in [0, 0.1) is 10.1 Å². The number of thioether (sulfide) groups is 1. The second-order valence-corrected chi connectivity index (χ2v) is 9.51. The van der Waals surface area contributed by atoms with Gasteiger partial charge in [-0.05, 0) is 59.8 Å². The highest BCUT2D eigenvalue weighted by Crippen LogP contribution is 2.40. The third-order valence-corrected chi connectivity index (χ3v) is 6.77. The number of amides is 1. The van der Waals surface area contributed by atoms with Gasteiger partial charge in [0.2, 0.25) is 5.75 Å². The number of nitro groups is 1. The lowest BCUT2D eigenvalue weighted by Gasteiger charge is -2.11. The molecule has 1 saturated heterocycles. The first kappa shape index (κ1) is 26.8. The van der Waals surface area contributed by atoms with E-state index < -0.39 is 34.0 Å². The Morgan fingerprint density at radius 3 is 2.43 bits per heavy atom. The standard InChI is InChI=1S/C23H11Cl3F3N3O4S/c24-13-2-1-3-15(20(13)26)30-22-31-21(33)19(37-22)9-11-4-6-17(14(25)8-11)36-18-7-5-12(23(27,28)29)10-16(18)32(34)35/h1-10H,(H,30,31,33)/b19-9-. The van der Waals surface area contributed by atoms with Gasteiger partial charge < -0.3 is 10.1 Å². The monoisotopic (exact) mass is 587 g/mol. The van der Waals surface area contributed by atoms with Crippen LogP contribution in [0.3, 0.4) is 0 Å². The van der Waals surface area contributed by atoms with Crippen LogP contribution in [0.15, 0.2) is 64.5 Å². The van der Waals surface area contributed by atoms with E-state index in [9.17, 15) is 28.1 Å². The smallest absolute Gasteiger partial charge is 0.416 e. The van der Waals surface area contributed by atoms with Crippen LogP contribution in [-0.4, -0.2) is 16.0 Å². The topological polar surface area (TPSA) is 93.8 Å². The summed E-state index contributed by atoms with van der Waals surface area (Å²) in [7, 11) is 0. The fourth-order valence-electron chi connectivity index (χ4n) is 3.05. The molecule has 0 aromatic heterocycles. The summed E-state index contributed by atoms with van der Waals surface area (Å²) < 4.78 is 44.2. The van der Waals surface area contributed by atoms with Gasteiger partial charge in [0, 0.05) is 6.07 Å². The number of hydrogen-bond donors (Lipinski definition) is 1. The Morgan fingerprint density at radius 1 is 1.03 bits per heavy atom. The zero-order valence-corrected chi connectivity index (χ0v) is 21.1. The van der Waals surface area contributed by atoms with Gasteiger partial charge in [-0.1, -0.05) is 46.9 Å². The molecule has 1 aliphatic rings. The number of nitrogens with one attached hydrogen (secondary N) is 1. The molecular weight excluding hydrogens is 578 g/mol. The number of hydrogen-bond acceptors (Lipinski definition) is 6. The lowest BCUT2D eigenvalue weighted by atomic mass is 10.1. The van der Waals surface area contributed by atoms with E-state index in [1.807, 2.05) is 0 Å². The molecule has 0 atom stereocenters. The first-order valence-corrected chi connectivity index (χ1v) is 11.9. The summed E-state index contributed by atoms with van der Waals surface area (Å²) in [6.45, 7) is 0. The Kier molecular flexibility index (Phi) is 7.69. The second kappa shape index (κ2) is 10.6. The highest BCUT2D eigenvalue weighted by atomic mass is 35.5. The van der Waals surface area contributed by atoms with E-state index in [0.717, 1.165) is 17.8 Å². The Morgan fingerprint density at radius 2 is 1.76 bits per heavy atom. The molecule has 0 saturated carbocycles. The first-order chi connectivity index (χ1) is 17.4. The maximum Gasteiger partial charge on any atom is 0.416 e. The van der Waals surface area contributed by atoms with Crippen molar-refractivity contribution in [3.8, 4) is 11.5 Å². The molecule has 1 fully saturated rings. The summed E-state index contributed by atoms with van der Waals surface area (Å²) in [6.07, 6.45) is -3.23. The number of halogens is 6. The minimum atomic E-state index is -4.76. The molecule has 14 heteroatoms. The summed E-state index contributed by atoms with van der Waals surface area (Å²) in [5.74, 6) is -0.871. The van der Waals surface area contributed by atoms with E-state index in [4.69, 9.17) is 39.5 Å². The Bertz CT molecular complexity index is 1500. The first-order valence-electron chi connectivity index (χ1n) is 9.99. The van der Waals surface area contributed by atoms with E-state index in [-0.39, 0.29) is 21.0 Å². The summed E-state index contributed by atoms with van der Waals surface area (Å²) in [6, 6.07) is 11.1. The van der Waals surface area contributed by atoms with Crippen LogP contribution < -0.4 is 10.1 Å². The van der Waals surface area contributed by atoms with Gasteiger partial charge in [-0.2, -0.15) is 13.2 Å². The minimum absolute atomic E-state index is 0.00607. The molecule has 37 heavy (non-hydrogen) atoms. The van der Waals surface area contributed by atoms with Crippen molar-refractivity contribution < 1.29 is 27.6 Å². The Labute approximate surface area is 226 Å². The normalized spacial score (nSPS) is 15.8. The largest absolute Gasteiger partial charge is 0.449 e. The molecule has 7 nitrogen and oxygen atoms in total. The van der Waals surface area contributed by atoms with Crippen LogP contribution in [-0.2, 0) is 11.0 Å². The average molecular weight is 589 g/mol. The maximum atomic E-state index is 12.9. The molecule has 3 aromatic carbocycles. The zero-order chi connectivity index (χ0) is 26.9. The minimum Gasteiger partial charge on any atom is -0.449 e. The third-order valence-electron chi connectivity index (χ3n) is 4.76. The van der Waals surface area contributed by atoms with Gasteiger partial charge in [0.15, 0.2) is 5.17 Å². The van der Waals surface area contributed by atoms with Crippen molar-refractivity contribution in [3.05, 3.63) is 95.8 Å². The lowest BCUT2D eigenvalue weighted by molar-refractivity contribution is -0.385. The number of carbonyl (C=O) groups is 1. The van der Waals surface area contributed by atoms with Gasteiger partial charge in [0.1, 0.15) is 5.75 Å². The number of amidine groups is 1. The molecule has 1 aliphatic heterocycles. The van der Waals surface area contributed by atoms with Crippen LogP contribution >= 0.6 is 46.6 Å². The Hall–Kier alpha value is -3.25. The van der Waals surface area contributed by atoms with Crippen LogP contribution in [0.5, 0.6) is 11.5 Å². The molecule has 3 aromatic rings. The fraction of sp³-hybridized carbons (Fsp3) is 0.0435. The van der Waals surface area contributed by atoms with Gasteiger partial charge >= 0.3 is 11.9 Å². The van der Waals surface area contributed by atoms with Crippen molar-refractivity contribution in [2.24, 2.45) is 4.99 Å². The fourth-order valence-corrected chi connectivity index (χ4v) is 4.45. The van der Waals surface area contributed by atoms with E-state index in [1.54, 1.807) is 18.2 Å². The molecule has 0 aliphatic carbocycles. The van der Waals surface area contributed by atoms with Crippen molar-refractivity contribution in [2.75, 3.05) is 0 Å². The number of carbonyl (C=O) groups excluding carboxylic acids is 1. The highest BCUT2D eigenvalue weighted by Gasteiger charge is 2.33. The number of rotatable bonds is 5. The number of benzene rings is 3. The predicted molar refractivity (Wildman–Crippen MR) is 137 cm³/mol. The number of nitro benzene ring substituents is 1. The van der Waals surface area contributed by atoms with Crippen LogP contribution in [0.4, 0.5) is 24.5 Å². The SMILES string of the molecule is O=C1NC(=Nc2cccc(Cl)c2Cl)S/C1=C\c1ccc(Oc2ccc(C(F)(F)F)cc2[N+](=O)[O-])c(Cl)c1. The van der Waals surface area contributed by atoms with E-state index in [0.29, 0.717) is 33.3 Å². The van der Waals surface area contributed by atoms with Gasteiger partial charge in [-0.3, -0.25) is 14.9 Å². The summed E-state index contributed by atoms with van der Waals surface area (Å²) in [5, 5.41) is 14.7. The zero-order valence-electron chi connectivity index (χ0n) is 18.0. The average Bonchev–Trinajstić information content (AvgIpc) is 3.16. The quantitative estimate of drug-likeness (QED) is 0.184. The van der Waals surface area contributed by atoms with Crippen molar-refractivity contribution in [3.63, 3.8) is 0 Å². The molecule has 1 amide bonds. The molecule has 1 N–H and O–H groups in total. The summed E-state index contributed by atoms with van der Waals surface area (Å²) in [4.78, 5) is 27.3. The van der Waals surface area contributed by atoms with E-state index in [1.165, 1.54) is 24.3 Å². The third kappa shape index (κ3) is 6.19. The van der Waals surface area contributed by atoms with E-state index in [2.05, 4.69) is 10.3 Å². The number of nitrogens with zero attached hydrogens (tertiary/aromatic N) is 2. The highest BCUT2D eigenvalue weighted by molar-refractivity contribution is 8.18. The van der Waals surface area contributed by atoms with Gasteiger partial charge in [-0.15, -0.1) is 0 Å². The van der Waals surface area contributed by atoms with E-state index >= 15 is 0 Å². The van der Waals surface area contributed by atoms with Gasteiger partial charge in [0.05, 0.1) is 36.1 Å². The molecule has 0 unspecified atom stereocenters. The van der Waals surface area contributed by atoms with Crippen LogP contribution in [0.2, 0.25) is 15.1 Å². The number of ether oxygens (including phenoxy) is 1. The van der Waals surface area contributed by atoms with Gasteiger partial charge in [-0.25, -0.2) is 4.99 Å². The molecule has 0 radical (unpaired) electrons. The number of aliphatic imine (C=N–C) groups is 1. The lowest BCUT2D eigenvalue weighted by Crippen LogP contribution is -2.19. The molecule has 1 heterocycles.